The standard InChI is InChI=1S/C17H26N8O5.C12H26O3S/c1-24(16(20)21)6-4-9(18)8-12(26)22-10-2-3-13(30-14(10)15(27)28)25-7-5-11(19)23-17(25)29;1-2-3-4-5-6-7-8-9-10-11-12-16(13,14)15/h2-3,5,7,9-10,13-14H,4,6,8,18H2,1H3,(H3,20,21)(H,22,26)(H,27,28)(H2,19,23,29);2-12H2,1H3,(H,13,14,15)/t9?,10-,13+,14-;/m0./s1. The number of nitrogens with zero attached hydrogens (tertiary/aromatic N) is 3. The molecule has 1 aliphatic rings. The van der Waals surface area contributed by atoms with Gasteiger partial charge in [-0.15, -0.1) is 0 Å². The highest BCUT2D eigenvalue weighted by molar-refractivity contribution is 7.85. The number of hydrogen-bond donors (Lipinski definition) is 7. The molecule has 16 nitrogen and oxygen atoms in total. The van der Waals surface area contributed by atoms with E-state index in [4.69, 9.17) is 31.9 Å². The summed E-state index contributed by atoms with van der Waals surface area (Å²) in [5.74, 6) is -1.92. The molecule has 10 N–H and O–H groups in total. The largest absolute Gasteiger partial charge is 0.479 e. The maximum absolute atomic E-state index is 12.3. The van der Waals surface area contributed by atoms with Crippen molar-refractivity contribution in [3.8, 4) is 0 Å². The first-order valence-corrected chi connectivity index (χ1v) is 17.2. The number of nitrogens with two attached hydrogens (primary N) is 3. The predicted molar refractivity (Wildman–Crippen MR) is 176 cm³/mol. The normalized spacial score (nSPS) is 18.2. The third kappa shape index (κ3) is 17.2. The van der Waals surface area contributed by atoms with E-state index in [-0.39, 0.29) is 24.0 Å². The summed E-state index contributed by atoms with van der Waals surface area (Å²) in [5, 5.41) is 19.4. The van der Waals surface area contributed by atoms with Crippen molar-refractivity contribution >= 4 is 33.8 Å². The molecular weight excluding hydrogens is 620 g/mol. The lowest BCUT2D eigenvalue weighted by Gasteiger charge is -2.31. The van der Waals surface area contributed by atoms with E-state index in [9.17, 15) is 27.9 Å². The molecule has 0 saturated carbocycles. The van der Waals surface area contributed by atoms with E-state index in [1.807, 2.05) is 0 Å². The number of carbonyl (C=O) groups excluding carboxylic acids is 1. The third-order valence-corrected chi connectivity index (χ3v) is 8.05. The molecular formula is C29H52N8O8S. The van der Waals surface area contributed by atoms with Gasteiger partial charge in [0.15, 0.2) is 18.3 Å². The number of hydrogen-bond acceptors (Lipinski definition) is 10. The fraction of sp³-hybridized carbons (Fsp3) is 0.690. The van der Waals surface area contributed by atoms with Gasteiger partial charge in [0.25, 0.3) is 10.1 Å². The van der Waals surface area contributed by atoms with E-state index in [0.29, 0.717) is 19.4 Å². The molecule has 1 amide bonds. The van der Waals surface area contributed by atoms with Crippen LogP contribution >= 0.6 is 0 Å². The zero-order chi connectivity index (χ0) is 34.7. The van der Waals surface area contributed by atoms with E-state index in [1.165, 1.54) is 74.3 Å². The van der Waals surface area contributed by atoms with Crippen molar-refractivity contribution in [2.45, 2.75) is 108 Å². The van der Waals surface area contributed by atoms with Crippen LogP contribution in [0.5, 0.6) is 0 Å². The van der Waals surface area contributed by atoms with Gasteiger partial charge in [0, 0.05) is 32.3 Å². The summed E-state index contributed by atoms with van der Waals surface area (Å²) in [6, 6.07) is -0.0702. The van der Waals surface area contributed by atoms with E-state index in [2.05, 4.69) is 17.2 Å². The zero-order valence-corrected chi connectivity index (χ0v) is 27.7. The molecule has 1 aromatic heterocycles. The highest BCUT2D eigenvalue weighted by Crippen LogP contribution is 2.21. The van der Waals surface area contributed by atoms with Crippen LogP contribution in [-0.2, 0) is 24.4 Å². The highest BCUT2D eigenvalue weighted by atomic mass is 32.2. The number of guanidine groups is 1. The van der Waals surface area contributed by atoms with Crippen molar-refractivity contribution in [2.75, 3.05) is 25.1 Å². The van der Waals surface area contributed by atoms with Gasteiger partial charge < -0.3 is 37.3 Å². The summed E-state index contributed by atoms with van der Waals surface area (Å²) in [4.78, 5) is 40.9. The smallest absolute Gasteiger partial charge is 0.351 e. The number of carboxylic acids is 1. The number of rotatable bonds is 19. The number of aromatic nitrogens is 2. The van der Waals surface area contributed by atoms with E-state index >= 15 is 0 Å². The van der Waals surface area contributed by atoms with Gasteiger partial charge in [-0.3, -0.25) is 19.3 Å². The van der Waals surface area contributed by atoms with Gasteiger partial charge in [0.2, 0.25) is 5.91 Å². The molecule has 0 spiro atoms. The number of carboxylic acid groups (broad SMARTS) is 1. The van der Waals surface area contributed by atoms with Crippen molar-refractivity contribution in [3.63, 3.8) is 0 Å². The van der Waals surface area contributed by atoms with Gasteiger partial charge in [-0.1, -0.05) is 70.8 Å². The fourth-order valence-corrected chi connectivity index (χ4v) is 5.12. The number of aliphatic carboxylic acids is 1. The first-order valence-electron chi connectivity index (χ1n) is 15.6. The average Bonchev–Trinajstić information content (AvgIpc) is 2.96. The number of anilines is 1. The van der Waals surface area contributed by atoms with Gasteiger partial charge in [-0.25, -0.2) is 9.59 Å². The quantitative estimate of drug-likeness (QED) is 0.0362. The first-order chi connectivity index (χ1) is 21.6. The number of unbranched alkanes of at least 4 members (excludes halogenated alkanes) is 9. The molecule has 4 atom stereocenters. The van der Waals surface area contributed by atoms with E-state index in [0.717, 1.165) is 17.4 Å². The second-order valence-electron chi connectivity index (χ2n) is 11.3. The molecule has 0 aliphatic carbocycles. The maximum Gasteiger partial charge on any atom is 0.351 e. The molecule has 0 bridgehead atoms. The lowest BCUT2D eigenvalue weighted by atomic mass is 10.1. The predicted octanol–water partition coefficient (Wildman–Crippen LogP) is 1.58. The van der Waals surface area contributed by atoms with Crippen molar-refractivity contribution in [1.82, 2.24) is 19.8 Å². The van der Waals surface area contributed by atoms with Gasteiger partial charge in [0.1, 0.15) is 5.82 Å². The zero-order valence-electron chi connectivity index (χ0n) is 26.8. The Kier molecular flexibility index (Phi) is 18.7. The van der Waals surface area contributed by atoms with Crippen LogP contribution in [0.25, 0.3) is 0 Å². The summed E-state index contributed by atoms with van der Waals surface area (Å²) in [5.41, 5.74) is 16.0. The number of carbonyl (C=O) groups is 2. The van der Waals surface area contributed by atoms with Crippen LogP contribution < -0.4 is 28.2 Å². The van der Waals surface area contributed by atoms with Crippen molar-refractivity contribution < 1.29 is 32.4 Å². The summed E-state index contributed by atoms with van der Waals surface area (Å²) >= 11 is 0. The molecule has 2 rings (SSSR count). The average molecular weight is 673 g/mol. The highest BCUT2D eigenvalue weighted by Gasteiger charge is 2.35. The van der Waals surface area contributed by atoms with Crippen LogP contribution in [-0.4, -0.2) is 87.9 Å². The summed E-state index contributed by atoms with van der Waals surface area (Å²) < 4.78 is 35.9. The molecule has 1 aliphatic heterocycles. The Bertz CT molecular complexity index is 1290. The second-order valence-corrected chi connectivity index (χ2v) is 12.9. The Morgan fingerprint density at radius 2 is 1.72 bits per heavy atom. The Hall–Kier alpha value is -3.54. The minimum atomic E-state index is -3.73. The van der Waals surface area contributed by atoms with Crippen LogP contribution in [0.15, 0.2) is 29.2 Å². The summed E-state index contributed by atoms with van der Waals surface area (Å²) in [6.45, 7) is 2.62. The van der Waals surface area contributed by atoms with Crippen LogP contribution in [0, 0.1) is 5.41 Å². The Morgan fingerprint density at radius 3 is 2.24 bits per heavy atom. The third-order valence-electron chi connectivity index (χ3n) is 7.24. The van der Waals surface area contributed by atoms with E-state index in [1.54, 1.807) is 7.05 Å². The molecule has 46 heavy (non-hydrogen) atoms. The topological polar surface area (TPSA) is 270 Å². The molecule has 0 aromatic carbocycles. The molecule has 1 unspecified atom stereocenters. The van der Waals surface area contributed by atoms with Crippen LogP contribution in [0.4, 0.5) is 5.82 Å². The molecule has 1 aromatic rings. The minimum absolute atomic E-state index is 0.0294. The fourth-order valence-electron chi connectivity index (χ4n) is 4.55. The van der Waals surface area contributed by atoms with E-state index < -0.39 is 52.1 Å². The number of amides is 1. The SMILES string of the molecule is CCCCCCCCCCCCS(=O)(=O)O.CN(CCC(N)CC(=O)N[C@H]1C=C[C@H](n2ccc(N)nc2=O)O[C@@H]1C(=O)O)C(=N)N. The van der Waals surface area contributed by atoms with Crippen LogP contribution in [0.2, 0.25) is 0 Å². The lowest BCUT2D eigenvalue weighted by molar-refractivity contribution is -0.159. The Labute approximate surface area is 271 Å². The van der Waals surface area contributed by atoms with Crippen molar-refractivity contribution in [3.05, 3.63) is 34.9 Å². The summed E-state index contributed by atoms with van der Waals surface area (Å²) in [7, 11) is -2.10. The van der Waals surface area contributed by atoms with Gasteiger partial charge in [0.05, 0.1) is 11.8 Å². The van der Waals surface area contributed by atoms with Gasteiger partial charge in [-0.05, 0) is 25.0 Å². The van der Waals surface area contributed by atoms with Crippen LogP contribution in [0.3, 0.4) is 0 Å². The van der Waals surface area contributed by atoms with Crippen molar-refractivity contribution in [1.29, 1.82) is 5.41 Å². The molecule has 0 fully saturated rings. The molecule has 0 saturated heterocycles. The van der Waals surface area contributed by atoms with Gasteiger partial charge in [-0.2, -0.15) is 13.4 Å². The van der Waals surface area contributed by atoms with Gasteiger partial charge >= 0.3 is 11.7 Å². The number of nitrogen functional groups attached to an aromatic ring is 1. The Morgan fingerprint density at radius 1 is 1.13 bits per heavy atom. The number of nitrogens with one attached hydrogen (secondary N) is 2. The second kappa shape index (κ2) is 21.3. The monoisotopic (exact) mass is 672 g/mol. The Balaban J connectivity index is 0.000000561. The molecule has 0 radical (unpaired) electrons. The molecule has 17 heteroatoms. The first kappa shape index (κ1) is 40.5. The molecule has 2 heterocycles. The van der Waals surface area contributed by atoms with Crippen LogP contribution in [0.1, 0.15) is 90.2 Å². The lowest BCUT2D eigenvalue weighted by Crippen LogP contribution is -2.51. The minimum Gasteiger partial charge on any atom is -0.479 e. The van der Waals surface area contributed by atoms with Crippen molar-refractivity contribution in [2.24, 2.45) is 11.5 Å². The number of ether oxygens (including phenoxy) is 1. The molecule has 262 valence electrons. The maximum atomic E-state index is 12.3. The summed E-state index contributed by atoms with van der Waals surface area (Å²) in [6.07, 6.45) is 13.8.